The van der Waals surface area contributed by atoms with Crippen molar-refractivity contribution in [1.29, 1.82) is 0 Å². The number of rotatable bonds is 6. The van der Waals surface area contributed by atoms with Crippen LogP contribution in [-0.4, -0.2) is 22.7 Å². The number of aliphatic imine (C=N–C) groups is 1. The van der Waals surface area contributed by atoms with Gasteiger partial charge in [-0.25, -0.2) is 0 Å². The molecule has 1 saturated carbocycles. The Kier molecular flexibility index (Phi) is 6.55. The van der Waals surface area contributed by atoms with Crippen molar-refractivity contribution in [3.63, 3.8) is 0 Å². The van der Waals surface area contributed by atoms with Crippen LogP contribution in [0.15, 0.2) is 57.9 Å². The molecule has 164 valence electrons. The van der Waals surface area contributed by atoms with E-state index in [1.54, 1.807) is 17.5 Å². The number of pyridine rings is 1. The molecule has 2 aliphatic rings. The van der Waals surface area contributed by atoms with Gasteiger partial charge in [0.15, 0.2) is 5.17 Å². The minimum absolute atomic E-state index is 0.111. The number of amides is 1. The fraction of sp³-hybridized carbons (Fsp3) is 0.320. The molecular weight excluding hydrogens is 438 g/mol. The second-order valence-corrected chi connectivity index (χ2v) is 10.2. The van der Waals surface area contributed by atoms with Gasteiger partial charge in [0.25, 0.3) is 5.91 Å². The van der Waals surface area contributed by atoms with Crippen LogP contribution < -0.4 is 10.1 Å². The van der Waals surface area contributed by atoms with E-state index in [9.17, 15) is 4.79 Å². The number of carbonyl (C=O) groups excluding carboxylic acids is 1. The molecule has 1 aromatic carbocycles. The van der Waals surface area contributed by atoms with Gasteiger partial charge in [-0.15, -0.1) is 11.3 Å². The number of benzene rings is 1. The Labute approximate surface area is 196 Å². The molecule has 1 amide bonds. The Bertz CT molecular complexity index is 1170. The number of fused-ring (bicyclic) bond motifs is 1. The topological polar surface area (TPSA) is 63.6 Å². The number of nitrogens with zero attached hydrogens (tertiary/aromatic N) is 2. The van der Waals surface area contributed by atoms with Gasteiger partial charge < -0.3 is 10.1 Å². The molecule has 3 heterocycles. The SMILES string of the molecule is O=C1NC(=NCc2cccs2)SC1=Cc1ccc2nccc(OCC3CCCCC3)c2c1. The zero-order valence-electron chi connectivity index (χ0n) is 17.8. The monoisotopic (exact) mass is 463 g/mol. The summed E-state index contributed by atoms with van der Waals surface area (Å²) in [5, 5.41) is 6.52. The summed E-state index contributed by atoms with van der Waals surface area (Å²) < 4.78 is 6.23. The van der Waals surface area contributed by atoms with Crippen LogP contribution in [-0.2, 0) is 11.3 Å². The highest BCUT2D eigenvalue weighted by molar-refractivity contribution is 8.18. The second kappa shape index (κ2) is 9.88. The van der Waals surface area contributed by atoms with Crippen molar-refractivity contribution >= 4 is 51.2 Å². The van der Waals surface area contributed by atoms with E-state index in [1.165, 1.54) is 48.7 Å². The summed E-state index contributed by atoms with van der Waals surface area (Å²) in [6.45, 7) is 1.34. The predicted molar refractivity (Wildman–Crippen MR) is 133 cm³/mol. The minimum atomic E-state index is -0.111. The molecule has 0 bridgehead atoms. The van der Waals surface area contributed by atoms with Gasteiger partial charge in [-0.1, -0.05) is 31.4 Å². The molecule has 0 radical (unpaired) electrons. The number of thiophene rings is 1. The van der Waals surface area contributed by atoms with Crippen molar-refractivity contribution in [2.75, 3.05) is 6.61 Å². The van der Waals surface area contributed by atoms with E-state index in [4.69, 9.17) is 4.74 Å². The fourth-order valence-corrected chi connectivity index (χ4v) is 5.57. The molecular formula is C25H25N3O2S2. The molecule has 3 aromatic rings. The lowest BCUT2D eigenvalue weighted by molar-refractivity contribution is -0.115. The van der Waals surface area contributed by atoms with Crippen molar-refractivity contribution in [2.24, 2.45) is 10.9 Å². The molecule has 0 spiro atoms. The third-order valence-corrected chi connectivity index (χ3v) is 7.64. The standard InChI is InChI=1S/C25H25N3O2S2/c29-24-23(32-25(28-24)27-15-19-7-4-12-31-19)14-18-8-9-21-20(13-18)22(10-11-26-21)30-16-17-5-2-1-3-6-17/h4,7-14,17H,1-3,5-6,15-16H2,(H,27,28,29). The Hall–Kier alpha value is -2.64. The van der Waals surface area contributed by atoms with E-state index >= 15 is 0 Å². The highest BCUT2D eigenvalue weighted by atomic mass is 32.2. The molecule has 5 rings (SSSR count). The maximum atomic E-state index is 12.4. The number of carbonyl (C=O) groups is 1. The maximum absolute atomic E-state index is 12.4. The predicted octanol–water partition coefficient (Wildman–Crippen LogP) is 6.02. The van der Waals surface area contributed by atoms with Crippen molar-refractivity contribution < 1.29 is 9.53 Å². The van der Waals surface area contributed by atoms with Crippen LogP contribution in [0.2, 0.25) is 0 Å². The van der Waals surface area contributed by atoms with Crippen LogP contribution in [0.25, 0.3) is 17.0 Å². The number of thioether (sulfide) groups is 1. The van der Waals surface area contributed by atoms with Gasteiger partial charge in [0.2, 0.25) is 0 Å². The number of hydrogen-bond acceptors (Lipinski definition) is 6. The Morgan fingerprint density at radius 2 is 2.09 bits per heavy atom. The molecule has 2 fully saturated rings. The Morgan fingerprint density at radius 3 is 2.94 bits per heavy atom. The smallest absolute Gasteiger partial charge is 0.264 e. The van der Waals surface area contributed by atoms with Crippen molar-refractivity contribution in [1.82, 2.24) is 10.3 Å². The van der Waals surface area contributed by atoms with Crippen LogP contribution in [0, 0.1) is 5.92 Å². The zero-order chi connectivity index (χ0) is 21.8. The quantitative estimate of drug-likeness (QED) is 0.454. The van der Waals surface area contributed by atoms with Gasteiger partial charge in [0.05, 0.1) is 23.6 Å². The normalized spacial score (nSPS) is 19.7. The Balaban J connectivity index is 1.33. The first kappa shape index (κ1) is 21.2. The van der Waals surface area contributed by atoms with Gasteiger partial charge in [-0.3, -0.25) is 14.8 Å². The van der Waals surface area contributed by atoms with Crippen LogP contribution in [0.3, 0.4) is 0 Å². The first-order valence-electron chi connectivity index (χ1n) is 11.0. The van der Waals surface area contributed by atoms with E-state index in [2.05, 4.69) is 21.4 Å². The summed E-state index contributed by atoms with van der Waals surface area (Å²) in [5.41, 5.74) is 1.85. The summed E-state index contributed by atoms with van der Waals surface area (Å²) in [6, 6.07) is 12.0. The first-order valence-corrected chi connectivity index (χ1v) is 12.7. The third kappa shape index (κ3) is 5.05. The van der Waals surface area contributed by atoms with Crippen molar-refractivity contribution in [3.8, 4) is 5.75 Å². The molecule has 1 aliphatic heterocycles. The fourth-order valence-electron chi connectivity index (χ4n) is 4.12. The minimum Gasteiger partial charge on any atom is -0.493 e. The van der Waals surface area contributed by atoms with Gasteiger partial charge in [-0.2, -0.15) is 0 Å². The second-order valence-electron chi connectivity index (χ2n) is 8.17. The van der Waals surface area contributed by atoms with Crippen molar-refractivity contribution in [3.05, 3.63) is 63.3 Å². The summed E-state index contributed by atoms with van der Waals surface area (Å²) in [6.07, 6.45) is 10.2. The number of nitrogens with one attached hydrogen (secondary N) is 1. The summed E-state index contributed by atoms with van der Waals surface area (Å²) in [4.78, 5) is 23.3. The van der Waals surface area contributed by atoms with E-state index in [-0.39, 0.29) is 5.91 Å². The molecule has 1 aliphatic carbocycles. The molecule has 5 nitrogen and oxygen atoms in total. The van der Waals surface area contributed by atoms with Gasteiger partial charge in [0.1, 0.15) is 5.75 Å². The molecule has 1 N–H and O–H groups in total. The zero-order valence-corrected chi connectivity index (χ0v) is 19.4. The molecule has 32 heavy (non-hydrogen) atoms. The Morgan fingerprint density at radius 1 is 1.19 bits per heavy atom. The van der Waals surface area contributed by atoms with Gasteiger partial charge >= 0.3 is 0 Å². The number of aromatic nitrogens is 1. The van der Waals surface area contributed by atoms with Gasteiger partial charge in [-0.05, 0) is 71.8 Å². The molecule has 2 aromatic heterocycles. The molecule has 7 heteroatoms. The largest absolute Gasteiger partial charge is 0.493 e. The molecule has 0 atom stereocenters. The number of amidine groups is 1. The average Bonchev–Trinajstić information content (AvgIpc) is 3.47. The number of ether oxygens (including phenoxy) is 1. The summed E-state index contributed by atoms with van der Waals surface area (Å²) in [5.74, 6) is 1.39. The lowest BCUT2D eigenvalue weighted by atomic mass is 9.90. The highest BCUT2D eigenvalue weighted by Gasteiger charge is 2.23. The lowest BCUT2D eigenvalue weighted by Crippen LogP contribution is -2.19. The lowest BCUT2D eigenvalue weighted by Gasteiger charge is -2.22. The van der Waals surface area contributed by atoms with Crippen LogP contribution >= 0.6 is 23.1 Å². The average molecular weight is 464 g/mol. The third-order valence-electron chi connectivity index (χ3n) is 5.83. The van der Waals surface area contributed by atoms with Crippen LogP contribution in [0.5, 0.6) is 5.75 Å². The first-order chi connectivity index (χ1) is 15.7. The summed E-state index contributed by atoms with van der Waals surface area (Å²) in [7, 11) is 0. The van der Waals surface area contributed by atoms with Crippen molar-refractivity contribution in [2.45, 2.75) is 38.6 Å². The number of hydrogen-bond donors (Lipinski definition) is 1. The van der Waals surface area contributed by atoms with E-state index < -0.39 is 0 Å². The van der Waals surface area contributed by atoms with E-state index in [1.807, 2.05) is 41.8 Å². The van der Waals surface area contributed by atoms with Gasteiger partial charge in [0, 0.05) is 16.5 Å². The van der Waals surface area contributed by atoms with E-state index in [0.29, 0.717) is 22.5 Å². The summed E-state index contributed by atoms with van der Waals surface area (Å²) >= 11 is 3.05. The van der Waals surface area contributed by atoms with E-state index in [0.717, 1.165) is 28.8 Å². The molecule has 1 saturated heterocycles. The molecule has 0 unspecified atom stereocenters. The highest BCUT2D eigenvalue weighted by Crippen LogP contribution is 2.31. The maximum Gasteiger partial charge on any atom is 0.264 e. The van der Waals surface area contributed by atoms with Crippen LogP contribution in [0.4, 0.5) is 0 Å². The van der Waals surface area contributed by atoms with Crippen LogP contribution in [0.1, 0.15) is 42.5 Å².